The lowest BCUT2D eigenvalue weighted by atomic mass is 10.1. The lowest BCUT2D eigenvalue weighted by Crippen LogP contribution is -2.43. The number of hydrogen-bond donors (Lipinski definition) is 2. The van der Waals surface area contributed by atoms with Crippen molar-refractivity contribution in [2.75, 3.05) is 58.9 Å². The van der Waals surface area contributed by atoms with Crippen LogP contribution in [0, 0.1) is 23.4 Å². The molecule has 1 amide bonds. The van der Waals surface area contributed by atoms with Gasteiger partial charge in [-0.25, -0.2) is 13.2 Å². The molecule has 0 bridgehead atoms. The summed E-state index contributed by atoms with van der Waals surface area (Å²) in [7, 11) is 3.21. The van der Waals surface area contributed by atoms with E-state index >= 15 is 0 Å². The zero-order valence-corrected chi connectivity index (χ0v) is 15.9. The molecule has 0 aliphatic carbocycles. The second-order valence-electron chi connectivity index (χ2n) is 6.34. The topological polar surface area (TPSA) is 75.2 Å². The van der Waals surface area contributed by atoms with E-state index in [1.807, 2.05) is 4.90 Å². The van der Waals surface area contributed by atoms with Gasteiger partial charge in [0.2, 0.25) is 5.91 Å². The van der Waals surface area contributed by atoms with Crippen LogP contribution in [0.3, 0.4) is 0 Å². The molecule has 0 radical (unpaired) electrons. The summed E-state index contributed by atoms with van der Waals surface area (Å²) in [6.07, 6.45) is 0.931. The Morgan fingerprint density at radius 3 is 2.79 bits per heavy atom. The highest BCUT2D eigenvalue weighted by Crippen LogP contribution is 2.19. The first-order valence-electron chi connectivity index (χ1n) is 8.91. The van der Waals surface area contributed by atoms with Crippen LogP contribution in [0.2, 0.25) is 0 Å². The number of rotatable bonds is 8. The predicted molar refractivity (Wildman–Crippen MR) is 98.7 cm³/mol. The van der Waals surface area contributed by atoms with Gasteiger partial charge in [-0.05, 0) is 18.6 Å². The summed E-state index contributed by atoms with van der Waals surface area (Å²) >= 11 is 0. The molecule has 1 aromatic rings. The van der Waals surface area contributed by atoms with Gasteiger partial charge < -0.3 is 25.0 Å². The zero-order chi connectivity index (χ0) is 20.5. The molecule has 0 aromatic heterocycles. The van der Waals surface area contributed by atoms with Crippen LogP contribution in [0.15, 0.2) is 17.1 Å². The Morgan fingerprint density at radius 1 is 1.29 bits per heavy atom. The molecule has 1 saturated heterocycles. The number of carbonyl (C=O) groups is 1. The van der Waals surface area contributed by atoms with E-state index < -0.39 is 29.0 Å². The van der Waals surface area contributed by atoms with Gasteiger partial charge >= 0.3 is 0 Å². The van der Waals surface area contributed by atoms with E-state index in [1.54, 1.807) is 14.2 Å². The second-order valence-corrected chi connectivity index (χ2v) is 6.34. The molecule has 2 N–H and O–H groups in total. The summed E-state index contributed by atoms with van der Waals surface area (Å²) in [5.41, 5.74) is -0.421. The van der Waals surface area contributed by atoms with Crippen LogP contribution in [0.25, 0.3) is 0 Å². The van der Waals surface area contributed by atoms with Gasteiger partial charge in [0, 0.05) is 33.2 Å². The fourth-order valence-corrected chi connectivity index (χ4v) is 2.86. The second kappa shape index (κ2) is 10.9. The van der Waals surface area contributed by atoms with Crippen LogP contribution in [-0.2, 0) is 14.3 Å². The van der Waals surface area contributed by atoms with E-state index in [4.69, 9.17) is 9.47 Å². The number of guanidine groups is 1. The van der Waals surface area contributed by atoms with E-state index in [-0.39, 0.29) is 6.54 Å². The van der Waals surface area contributed by atoms with Crippen molar-refractivity contribution in [1.82, 2.24) is 10.2 Å². The van der Waals surface area contributed by atoms with Crippen molar-refractivity contribution in [3.63, 3.8) is 0 Å². The maximum atomic E-state index is 13.6. The van der Waals surface area contributed by atoms with Crippen LogP contribution in [0.5, 0.6) is 0 Å². The SMILES string of the molecule is CN=C(NCC(=O)Nc1ccc(F)c(F)c1F)N1CCC(COCCOC)C1. The summed E-state index contributed by atoms with van der Waals surface area (Å²) in [5.74, 6) is -4.11. The molecule has 1 unspecified atom stereocenters. The number of carbonyl (C=O) groups excluding carboxylic acids is 1. The van der Waals surface area contributed by atoms with Gasteiger partial charge in [0.1, 0.15) is 0 Å². The number of anilines is 1. The van der Waals surface area contributed by atoms with Gasteiger partial charge in [0.25, 0.3) is 0 Å². The molecular weight excluding hydrogens is 377 g/mol. The van der Waals surface area contributed by atoms with Gasteiger partial charge in [-0.2, -0.15) is 0 Å². The van der Waals surface area contributed by atoms with Crippen molar-refractivity contribution in [3.05, 3.63) is 29.6 Å². The number of amides is 1. The number of aliphatic imine (C=N–C) groups is 1. The third-order valence-corrected chi connectivity index (χ3v) is 4.30. The Bertz CT molecular complexity index is 703. The van der Waals surface area contributed by atoms with Crippen molar-refractivity contribution in [3.8, 4) is 0 Å². The van der Waals surface area contributed by atoms with E-state index in [9.17, 15) is 18.0 Å². The van der Waals surface area contributed by atoms with E-state index in [2.05, 4.69) is 15.6 Å². The van der Waals surface area contributed by atoms with Crippen LogP contribution < -0.4 is 10.6 Å². The highest BCUT2D eigenvalue weighted by molar-refractivity contribution is 5.95. The minimum atomic E-state index is -1.63. The molecule has 0 spiro atoms. The minimum Gasteiger partial charge on any atom is -0.382 e. The first kappa shape index (κ1) is 22.0. The van der Waals surface area contributed by atoms with Crippen LogP contribution >= 0.6 is 0 Å². The molecule has 1 heterocycles. The fraction of sp³-hybridized carbons (Fsp3) is 0.556. The molecule has 10 heteroatoms. The van der Waals surface area contributed by atoms with E-state index in [0.717, 1.165) is 31.6 Å². The Kier molecular flexibility index (Phi) is 8.52. The highest BCUT2D eigenvalue weighted by Gasteiger charge is 2.25. The number of hydrogen-bond acceptors (Lipinski definition) is 4. The van der Waals surface area contributed by atoms with Crippen molar-refractivity contribution in [2.45, 2.75) is 6.42 Å². The monoisotopic (exact) mass is 402 g/mol. The van der Waals surface area contributed by atoms with Crippen molar-refractivity contribution < 1.29 is 27.4 Å². The molecule has 1 aromatic carbocycles. The average molecular weight is 402 g/mol. The molecule has 1 aliphatic heterocycles. The molecule has 156 valence electrons. The normalized spacial score (nSPS) is 17.1. The standard InChI is InChI=1S/C18H25F3N4O3/c1-22-18(25-6-5-12(10-25)11-28-8-7-27-2)23-9-15(26)24-14-4-3-13(19)16(20)17(14)21/h3-4,12H,5-11H2,1-2H3,(H,22,23)(H,24,26). The number of halogens is 3. The minimum absolute atomic E-state index is 0.198. The first-order valence-corrected chi connectivity index (χ1v) is 8.91. The Hall–Kier alpha value is -2.33. The van der Waals surface area contributed by atoms with E-state index in [0.29, 0.717) is 31.7 Å². The number of benzene rings is 1. The number of nitrogens with zero attached hydrogens (tertiary/aromatic N) is 2. The average Bonchev–Trinajstić information content (AvgIpc) is 3.15. The van der Waals surface area contributed by atoms with Crippen molar-refractivity contribution >= 4 is 17.6 Å². The molecule has 1 atom stereocenters. The third-order valence-electron chi connectivity index (χ3n) is 4.30. The number of ether oxygens (including phenoxy) is 2. The van der Waals surface area contributed by atoms with Gasteiger partial charge in [0.15, 0.2) is 23.4 Å². The van der Waals surface area contributed by atoms with Gasteiger partial charge in [-0.1, -0.05) is 0 Å². The molecule has 2 rings (SSSR count). The Labute approximate surface area is 161 Å². The summed E-state index contributed by atoms with van der Waals surface area (Å²) < 4.78 is 50.3. The van der Waals surface area contributed by atoms with Crippen LogP contribution in [0.4, 0.5) is 18.9 Å². The predicted octanol–water partition coefficient (Wildman–Crippen LogP) is 1.60. The van der Waals surface area contributed by atoms with Crippen LogP contribution in [0.1, 0.15) is 6.42 Å². The number of nitrogens with one attached hydrogen (secondary N) is 2. The van der Waals surface area contributed by atoms with E-state index in [1.165, 1.54) is 0 Å². The number of likely N-dealkylation sites (tertiary alicyclic amines) is 1. The summed E-state index contributed by atoms with van der Waals surface area (Å²) in [6, 6.07) is 1.72. The largest absolute Gasteiger partial charge is 0.382 e. The molecule has 7 nitrogen and oxygen atoms in total. The quantitative estimate of drug-likeness (QED) is 0.299. The highest BCUT2D eigenvalue weighted by atomic mass is 19.2. The smallest absolute Gasteiger partial charge is 0.243 e. The third kappa shape index (κ3) is 6.10. The molecule has 1 aliphatic rings. The summed E-state index contributed by atoms with van der Waals surface area (Å²) in [6.45, 7) is 3.00. The Morgan fingerprint density at radius 2 is 2.07 bits per heavy atom. The van der Waals surface area contributed by atoms with Gasteiger partial charge in [-0.3, -0.25) is 9.79 Å². The van der Waals surface area contributed by atoms with Crippen molar-refractivity contribution in [1.29, 1.82) is 0 Å². The van der Waals surface area contributed by atoms with Crippen LogP contribution in [-0.4, -0.2) is 70.4 Å². The molecule has 28 heavy (non-hydrogen) atoms. The fourth-order valence-electron chi connectivity index (χ4n) is 2.86. The number of methoxy groups -OCH3 is 1. The lowest BCUT2D eigenvalue weighted by molar-refractivity contribution is -0.115. The lowest BCUT2D eigenvalue weighted by Gasteiger charge is -2.21. The first-order chi connectivity index (χ1) is 13.5. The molecule has 0 saturated carbocycles. The maximum absolute atomic E-state index is 13.6. The maximum Gasteiger partial charge on any atom is 0.243 e. The summed E-state index contributed by atoms with van der Waals surface area (Å²) in [4.78, 5) is 18.1. The zero-order valence-electron chi connectivity index (χ0n) is 15.9. The molecular formula is C18H25F3N4O3. The summed E-state index contributed by atoms with van der Waals surface area (Å²) in [5, 5.41) is 5.10. The molecule has 1 fully saturated rings. The van der Waals surface area contributed by atoms with Gasteiger partial charge in [-0.15, -0.1) is 0 Å². The Balaban J connectivity index is 1.79. The van der Waals surface area contributed by atoms with Crippen molar-refractivity contribution in [2.24, 2.45) is 10.9 Å². The van der Waals surface area contributed by atoms with Gasteiger partial charge in [0.05, 0.1) is 32.1 Å².